The highest BCUT2D eigenvalue weighted by Gasteiger charge is 1.82. The summed E-state index contributed by atoms with van der Waals surface area (Å²) in [6.07, 6.45) is 10.1. The van der Waals surface area contributed by atoms with Crippen molar-refractivity contribution in [1.82, 2.24) is 0 Å². The highest BCUT2D eigenvalue weighted by atomic mass is 14.7. The Morgan fingerprint density at radius 1 is 1.29 bits per heavy atom. The van der Waals surface area contributed by atoms with Crippen molar-refractivity contribution in [2.45, 2.75) is 12.8 Å². The summed E-state index contributed by atoms with van der Waals surface area (Å²) in [5.41, 5.74) is 0. The third-order valence-corrected chi connectivity index (χ3v) is 0.876. The number of aliphatic imine (C=N–C) groups is 1. The lowest BCUT2D eigenvalue weighted by Gasteiger charge is -1.79. The van der Waals surface area contributed by atoms with Gasteiger partial charge in [-0.2, -0.15) is 0 Å². The first-order valence-corrected chi connectivity index (χ1v) is 2.50. The zero-order chi connectivity index (χ0) is 4.95. The van der Waals surface area contributed by atoms with E-state index in [4.69, 9.17) is 0 Å². The number of hydrogen-bond acceptors (Lipinski definition) is 1. The van der Waals surface area contributed by atoms with Gasteiger partial charge in [0.15, 0.2) is 0 Å². The molecule has 1 nitrogen and oxygen atoms in total. The predicted octanol–water partition coefficient (Wildman–Crippen LogP) is 1.57. The molecule has 0 saturated heterocycles. The smallest absolute Gasteiger partial charge is 0.0226 e. The molecule has 1 heterocycles. The molecule has 0 saturated carbocycles. The van der Waals surface area contributed by atoms with E-state index in [0.29, 0.717) is 0 Å². The normalized spacial score (nSPS) is 19.4. The van der Waals surface area contributed by atoms with E-state index in [-0.39, 0.29) is 0 Å². The minimum absolute atomic E-state index is 1.09. The molecule has 0 fully saturated rings. The molecule has 0 atom stereocenters. The van der Waals surface area contributed by atoms with Crippen LogP contribution in [-0.2, 0) is 0 Å². The maximum Gasteiger partial charge on any atom is 0.0226 e. The van der Waals surface area contributed by atoms with Gasteiger partial charge in [-0.15, -0.1) is 0 Å². The minimum atomic E-state index is 1.09. The third kappa shape index (κ3) is 1.53. The fraction of sp³-hybridized carbons (Fsp3) is 0.333. The molecule has 0 N–H and O–H groups in total. The summed E-state index contributed by atoms with van der Waals surface area (Å²) >= 11 is 0. The first-order chi connectivity index (χ1) is 3.50. The quantitative estimate of drug-likeness (QED) is 0.432. The Labute approximate surface area is 43.8 Å². The highest BCUT2D eigenvalue weighted by Crippen LogP contribution is 1.96. The molecule has 7 heavy (non-hydrogen) atoms. The molecule has 0 aromatic heterocycles. The van der Waals surface area contributed by atoms with Crippen LogP contribution in [0, 0.1) is 6.42 Å². The van der Waals surface area contributed by atoms with Gasteiger partial charge in [-0.3, -0.25) is 4.99 Å². The molecule has 0 amide bonds. The fourth-order valence-electron chi connectivity index (χ4n) is 0.513. The van der Waals surface area contributed by atoms with Gasteiger partial charge in [-0.05, 0) is 19.3 Å². The second-order valence-electron chi connectivity index (χ2n) is 1.49. The Morgan fingerprint density at radius 3 is 3.29 bits per heavy atom. The molecule has 1 radical (unpaired) electrons. The largest absolute Gasteiger partial charge is 0.269 e. The summed E-state index contributed by atoms with van der Waals surface area (Å²) in [6, 6.07) is 0. The molecule has 0 aromatic rings. The van der Waals surface area contributed by atoms with Crippen molar-refractivity contribution < 1.29 is 0 Å². The monoisotopic (exact) mass is 94.1 g/mol. The van der Waals surface area contributed by atoms with Gasteiger partial charge < -0.3 is 0 Å². The van der Waals surface area contributed by atoms with E-state index in [9.17, 15) is 0 Å². The van der Waals surface area contributed by atoms with Crippen molar-refractivity contribution >= 4 is 6.21 Å². The average molecular weight is 94.1 g/mol. The Bertz CT molecular complexity index is 80.4. The topological polar surface area (TPSA) is 12.4 Å². The molecule has 1 aliphatic heterocycles. The molecular weight excluding hydrogens is 86.1 g/mol. The third-order valence-electron chi connectivity index (χ3n) is 0.876. The van der Waals surface area contributed by atoms with Gasteiger partial charge in [0.2, 0.25) is 0 Å². The lowest BCUT2D eigenvalue weighted by molar-refractivity contribution is 1.07. The molecule has 1 heteroatoms. The molecule has 0 aromatic carbocycles. The molecule has 1 rings (SSSR count). The van der Waals surface area contributed by atoms with E-state index in [1.165, 1.54) is 0 Å². The van der Waals surface area contributed by atoms with Crippen LogP contribution < -0.4 is 0 Å². The van der Waals surface area contributed by atoms with Crippen molar-refractivity contribution in [1.29, 1.82) is 0 Å². The van der Waals surface area contributed by atoms with Gasteiger partial charge in [-0.1, -0.05) is 6.08 Å². The van der Waals surface area contributed by atoms with Crippen LogP contribution in [0.5, 0.6) is 0 Å². The van der Waals surface area contributed by atoms with Gasteiger partial charge in [-0.25, -0.2) is 0 Å². The first-order valence-electron chi connectivity index (χ1n) is 2.50. The average Bonchev–Trinajstić information content (AvgIpc) is 1.90. The second-order valence-corrected chi connectivity index (χ2v) is 1.49. The van der Waals surface area contributed by atoms with E-state index in [2.05, 4.69) is 11.4 Å². The summed E-state index contributed by atoms with van der Waals surface area (Å²) in [4.78, 5) is 3.93. The summed E-state index contributed by atoms with van der Waals surface area (Å²) in [6.45, 7) is 0. The van der Waals surface area contributed by atoms with Crippen LogP contribution in [0.4, 0.5) is 0 Å². The van der Waals surface area contributed by atoms with Crippen molar-refractivity contribution in [2.24, 2.45) is 4.99 Å². The van der Waals surface area contributed by atoms with Crippen LogP contribution in [-0.4, -0.2) is 6.21 Å². The van der Waals surface area contributed by atoms with Crippen LogP contribution in [0.15, 0.2) is 17.3 Å². The summed E-state index contributed by atoms with van der Waals surface area (Å²) in [5, 5.41) is 0. The van der Waals surface area contributed by atoms with Crippen LogP contribution in [0.3, 0.4) is 0 Å². The van der Waals surface area contributed by atoms with Crippen molar-refractivity contribution in [3.63, 3.8) is 0 Å². The highest BCUT2D eigenvalue weighted by molar-refractivity contribution is 5.58. The van der Waals surface area contributed by atoms with Gasteiger partial charge in [0.1, 0.15) is 0 Å². The molecule has 0 spiro atoms. The van der Waals surface area contributed by atoms with Crippen molar-refractivity contribution in [3.05, 3.63) is 18.7 Å². The number of nitrogens with zero attached hydrogens (tertiary/aromatic N) is 1. The zero-order valence-electron chi connectivity index (χ0n) is 4.17. The standard InChI is InChI=1S/C6H8N/c1-2-4-6-7-5-3-1/h1,3,5-6H,2,4H2. The Morgan fingerprint density at radius 2 is 2.29 bits per heavy atom. The second kappa shape index (κ2) is 2.56. The Hall–Kier alpha value is -0.590. The van der Waals surface area contributed by atoms with Crippen LogP contribution in [0.1, 0.15) is 12.8 Å². The van der Waals surface area contributed by atoms with E-state index >= 15 is 0 Å². The summed E-state index contributed by atoms with van der Waals surface area (Å²) in [7, 11) is 0. The molecule has 37 valence electrons. The zero-order valence-corrected chi connectivity index (χ0v) is 4.17. The van der Waals surface area contributed by atoms with Crippen LogP contribution in [0.2, 0.25) is 0 Å². The summed E-state index contributed by atoms with van der Waals surface area (Å²) in [5.74, 6) is 0. The number of hydrogen-bond donors (Lipinski definition) is 0. The van der Waals surface area contributed by atoms with E-state index in [1.54, 1.807) is 0 Å². The van der Waals surface area contributed by atoms with Crippen LogP contribution in [0.25, 0.3) is 0 Å². The van der Waals surface area contributed by atoms with E-state index < -0.39 is 0 Å². The first kappa shape index (κ1) is 4.57. The molecule has 0 aliphatic carbocycles. The predicted molar refractivity (Wildman–Crippen MR) is 31.2 cm³/mol. The van der Waals surface area contributed by atoms with Crippen molar-refractivity contribution in [2.75, 3.05) is 0 Å². The summed E-state index contributed by atoms with van der Waals surface area (Å²) < 4.78 is 0. The maximum atomic E-state index is 3.93. The number of allylic oxidation sites excluding steroid dienone is 1. The lowest BCUT2D eigenvalue weighted by Crippen LogP contribution is -1.69. The number of rotatable bonds is 0. The van der Waals surface area contributed by atoms with Gasteiger partial charge in [0, 0.05) is 12.4 Å². The Kier molecular flexibility index (Phi) is 1.67. The molecular formula is C6H8N. The lowest BCUT2D eigenvalue weighted by atomic mass is 10.3. The van der Waals surface area contributed by atoms with E-state index in [0.717, 1.165) is 12.8 Å². The molecule has 1 aliphatic rings. The fourth-order valence-corrected chi connectivity index (χ4v) is 0.513. The van der Waals surface area contributed by atoms with Gasteiger partial charge in [0.05, 0.1) is 0 Å². The SMILES string of the molecule is [CH]1C=CN=CCC1. The van der Waals surface area contributed by atoms with E-state index in [1.807, 2.05) is 18.5 Å². The Balaban J connectivity index is 2.39. The van der Waals surface area contributed by atoms with Gasteiger partial charge in [0.25, 0.3) is 0 Å². The van der Waals surface area contributed by atoms with Gasteiger partial charge >= 0.3 is 0 Å². The van der Waals surface area contributed by atoms with Crippen LogP contribution >= 0.6 is 0 Å². The minimum Gasteiger partial charge on any atom is -0.269 e. The van der Waals surface area contributed by atoms with Crippen molar-refractivity contribution in [3.8, 4) is 0 Å². The maximum absolute atomic E-state index is 3.93. The molecule has 0 unspecified atom stereocenters. The molecule has 0 bridgehead atoms.